The summed E-state index contributed by atoms with van der Waals surface area (Å²) in [5, 5.41) is 6.70. The van der Waals surface area contributed by atoms with Crippen LogP contribution in [0.4, 0.5) is 13.6 Å². The third kappa shape index (κ3) is 3.33. The van der Waals surface area contributed by atoms with Crippen LogP contribution < -0.4 is 5.32 Å². The number of imide groups is 1. The summed E-state index contributed by atoms with van der Waals surface area (Å²) in [5.74, 6) is -2.09. The van der Waals surface area contributed by atoms with Gasteiger partial charge in [0.05, 0.1) is 0 Å². The van der Waals surface area contributed by atoms with Gasteiger partial charge in [-0.05, 0) is 37.3 Å². The molecule has 1 aliphatic rings. The van der Waals surface area contributed by atoms with Crippen LogP contribution in [0, 0.1) is 11.6 Å². The van der Waals surface area contributed by atoms with Crippen molar-refractivity contribution < 1.29 is 22.9 Å². The number of amides is 3. The van der Waals surface area contributed by atoms with Crippen molar-refractivity contribution in [1.82, 2.24) is 20.4 Å². The monoisotopic (exact) mass is 418 g/mol. The lowest BCUT2D eigenvalue weighted by Gasteiger charge is -2.22. The Hall–Kier alpha value is -3.33. The Labute approximate surface area is 168 Å². The van der Waals surface area contributed by atoms with Gasteiger partial charge in [-0.1, -0.05) is 28.9 Å². The Morgan fingerprint density at radius 3 is 2.76 bits per heavy atom. The molecule has 148 valence electrons. The molecule has 0 spiro atoms. The fourth-order valence-electron chi connectivity index (χ4n) is 3.10. The highest BCUT2D eigenvalue weighted by Crippen LogP contribution is 2.32. The number of urea groups is 1. The number of rotatable bonds is 4. The van der Waals surface area contributed by atoms with Crippen LogP contribution in [0.25, 0.3) is 11.4 Å². The Kier molecular flexibility index (Phi) is 4.54. The van der Waals surface area contributed by atoms with E-state index in [2.05, 4.69) is 15.5 Å². The molecule has 2 heterocycles. The van der Waals surface area contributed by atoms with Crippen molar-refractivity contribution in [3.8, 4) is 11.4 Å². The number of nitrogens with zero attached hydrogens (tertiary/aromatic N) is 3. The van der Waals surface area contributed by atoms with Crippen LogP contribution in [0.5, 0.6) is 0 Å². The van der Waals surface area contributed by atoms with Crippen LogP contribution in [0.1, 0.15) is 18.4 Å². The van der Waals surface area contributed by atoms with E-state index in [1.54, 1.807) is 24.3 Å². The van der Waals surface area contributed by atoms with Gasteiger partial charge in [0.2, 0.25) is 11.7 Å². The quantitative estimate of drug-likeness (QED) is 0.653. The Morgan fingerprint density at radius 2 is 2.00 bits per heavy atom. The first kappa shape index (κ1) is 19.0. The highest BCUT2D eigenvalue weighted by Gasteiger charge is 2.50. The highest BCUT2D eigenvalue weighted by molar-refractivity contribution is 6.30. The minimum Gasteiger partial charge on any atom is -0.337 e. The number of benzene rings is 2. The minimum absolute atomic E-state index is 0.00700. The minimum atomic E-state index is -1.76. The molecular formula is C19H13ClF2N4O3. The third-order valence-corrected chi connectivity index (χ3v) is 4.82. The second-order valence-electron chi connectivity index (χ2n) is 6.59. The number of nitrogens with one attached hydrogen (secondary N) is 1. The van der Waals surface area contributed by atoms with E-state index in [0.29, 0.717) is 10.6 Å². The molecule has 1 aliphatic heterocycles. The number of carbonyl (C=O) groups is 2. The van der Waals surface area contributed by atoms with E-state index in [0.717, 1.165) is 23.1 Å². The highest BCUT2D eigenvalue weighted by atomic mass is 35.5. The first-order valence-electron chi connectivity index (χ1n) is 8.46. The van der Waals surface area contributed by atoms with Crippen molar-refractivity contribution in [3.05, 3.63) is 70.6 Å². The zero-order valence-corrected chi connectivity index (χ0v) is 15.7. The zero-order chi connectivity index (χ0) is 20.8. The number of hydrogen-bond acceptors (Lipinski definition) is 5. The summed E-state index contributed by atoms with van der Waals surface area (Å²) in [7, 11) is 0. The Balaban J connectivity index is 1.60. The average molecular weight is 419 g/mol. The molecule has 1 N–H and O–H groups in total. The summed E-state index contributed by atoms with van der Waals surface area (Å²) in [6, 6.07) is 8.66. The summed E-state index contributed by atoms with van der Waals surface area (Å²) in [4.78, 5) is 30.2. The van der Waals surface area contributed by atoms with Crippen LogP contribution in [-0.2, 0) is 16.9 Å². The molecule has 0 saturated carbocycles. The van der Waals surface area contributed by atoms with Crippen LogP contribution in [0.3, 0.4) is 0 Å². The lowest BCUT2D eigenvalue weighted by atomic mass is 9.91. The third-order valence-electron chi connectivity index (χ3n) is 4.59. The van der Waals surface area contributed by atoms with Crippen molar-refractivity contribution in [2.45, 2.75) is 19.0 Å². The van der Waals surface area contributed by atoms with E-state index in [1.165, 1.54) is 6.92 Å². The second kappa shape index (κ2) is 6.93. The van der Waals surface area contributed by atoms with Gasteiger partial charge in [0.1, 0.15) is 23.7 Å². The zero-order valence-electron chi connectivity index (χ0n) is 14.9. The van der Waals surface area contributed by atoms with Crippen LogP contribution >= 0.6 is 11.6 Å². The lowest BCUT2D eigenvalue weighted by molar-refractivity contribution is -0.131. The predicted octanol–water partition coefficient (Wildman–Crippen LogP) is 3.64. The molecule has 0 radical (unpaired) electrons. The molecule has 7 nitrogen and oxygen atoms in total. The van der Waals surface area contributed by atoms with E-state index in [9.17, 15) is 18.4 Å². The molecule has 1 fully saturated rings. The molecule has 4 rings (SSSR count). The first-order chi connectivity index (χ1) is 13.8. The van der Waals surface area contributed by atoms with Crippen molar-refractivity contribution >= 4 is 23.5 Å². The van der Waals surface area contributed by atoms with Crippen LogP contribution in [0.15, 0.2) is 47.0 Å². The van der Waals surface area contributed by atoms with Crippen LogP contribution in [-0.4, -0.2) is 27.0 Å². The van der Waals surface area contributed by atoms with Crippen molar-refractivity contribution in [3.63, 3.8) is 0 Å². The van der Waals surface area contributed by atoms with E-state index >= 15 is 0 Å². The SMILES string of the molecule is CC1(c2cc(F)ccc2F)NC(=O)N(Cc2nc(-c3cccc(Cl)c3)no2)C1=O. The largest absolute Gasteiger partial charge is 0.337 e. The topological polar surface area (TPSA) is 88.3 Å². The normalized spacial score (nSPS) is 19.0. The van der Waals surface area contributed by atoms with Gasteiger partial charge in [-0.3, -0.25) is 9.69 Å². The van der Waals surface area contributed by atoms with E-state index in [4.69, 9.17) is 16.1 Å². The van der Waals surface area contributed by atoms with Gasteiger partial charge in [0.25, 0.3) is 5.91 Å². The van der Waals surface area contributed by atoms with Gasteiger partial charge in [-0.25, -0.2) is 13.6 Å². The number of hydrogen-bond donors (Lipinski definition) is 1. The maximum atomic E-state index is 14.2. The Morgan fingerprint density at radius 1 is 1.21 bits per heavy atom. The smallest absolute Gasteiger partial charge is 0.325 e. The summed E-state index contributed by atoms with van der Waals surface area (Å²) < 4.78 is 32.9. The fourth-order valence-corrected chi connectivity index (χ4v) is 3.29. The van der Waals surface area contributed by atoms with Gasteiger partial charge in [-0.15, -0.1) is 0 Å². The van der Waals surface area contributed by atoms with Crippen molar-refractivity contribution in [2.24, 2.45) is 0 Å². The van der Waals surface area contributed by atoms with Gasteiger partial charge < -0.3 is 9.84 Å². The molecular weight excluding hydrogens is 406 g/mol. The van der Waals surface area contributed by atoms with Gasteiger partial charge in [-0.2, -0.15) is 4.98 Å². The summed E-state index contributed by atoms with van der Waals surface area (Å²) in [5.41, 5.74) is -1.45. The van der Waals surface area contributed by atoms with E-state index in [-0.39, 0.29) is 23.8 Å². The van der Waals surface area contributed by atoms with Crippen LogP contribution in [0.2, 0.25) is 5.02 Å². The number of aromatic nitrogens is 2. The summed E-state index contributed by atoms with van der Waals surface area (Å²) in [6.45, 7) is 0.973. The Bertz CT molecular complexity index is 1140. The molecule has 1 unspecified atom stereocenters. The molecule has 0 aliphatic carbocycles. The van der Waals surface area contributed by atoms with Crippen molar-refractivity contribution in [1.29, 1.82) is 0 Å². The molecule has 2 aromatic carbocycles. The maximum Gasteiger partial charge on any atom is 0.325 e. The molecule has 29 heavy (non-hydrogen) atoms. The maximum absolute atomic E-state index is 14.2. The summed E-state index contributed by atoms with van der Waals surface area (Å²) in [6.07, 6.45) is 0. The average Bonchev–Trinajstić information content (AvgIpc) is 3.23. The van der Waals surface area contributed by atoms with Gasteiger partial charge in [0, 0.05) is 16.1 Å². The molecule has 1 saturated heterocycles. The molecule has 3 aromatic rings. The molecule has 1 atom stereocenters. The standard InChI is InChI=1S/C19H13ClF2N4O3/c1-19(13-8-12(21)5-6-14(13)22)17(27)26(18(28)24-19)9-15-23-16(25-29-15)10-3-2-4-11(20)7-10/h2-8H,9H2,1H3,(H,24,28). The second-order valence-corrected chi connectivity index (χ2v) is 7.03. The van der Waals surface area contributed by atoms with E-state index in [1.807, 2.05) is 0 Å². The summed E-state index contributed by atoms with van der Waals surface area (Å²) >= 11 is 5.94. The van der Waals surface area contributed by atoms with E-state index < -0.39 is 29.1 Å². The first-order valence-corrected chi connectivity index (χ1v) is 8.84. The molecule has 3 amide bonds. The number of carbonyl (C=O) groups excluding carboxylic acids is 2. The molecule has 1 aromatic heterocycles. The molecule has 10 heteroatoms. The van der Waals surface area contributed by atoms with Crippen molar-refractivity contribution in [2.75, 3.05) is 0 Å². The number of halogens is 3. The molecule has 0 bridgehead atoms. The van der Waals surface area contributed by atoms with Gasteiger partial charge in [0.15, 0.2) is 0 Å². The van der Waals surface area contributed by atoms with Gasteiger partial charge >= 0.3 is 6.03 Å². The lowest BCUT2D eigenvalue weighted by Crippen LogP contribution is -2.41. The predicted molar refractivity (Wildman–Crippen MR) is 97.5 cm³/mol. The fraction of sp³-hybridized carbons (Fsp3) is 0.158.